The Kier molecular flexibility index (Phi) is 2.37. The number of ether oxygens (including phenoxy) is 1. The summed E-state index contributed by atoms with van der Waals surface area (Å²) in [6.07, 6.45) is -0.388. The van der Waals surface area contributed by atoms with Crippen molar-refractivity contribution in [3.63, 3.8) is 0 Å². The summed E-state index contributed by atoms with van der Waals surface area (Å²) in [6.45, 7) is 0.342. The number of amides is 1. The minimum atomic E-state index is -0.388. The van der Waals surface area contributed by atoms with E-state index in [1.54, 1.807) is 0 Å². The summed E-state index contributed by atoms with van der Waals surface area (Å²) >= 11 is 0. The normalized spacial score (nSPS) is 22.6. The summed E-state index contributed by atoms with van der Waals surface area (Å²) in [7, 11) is 0. The standard InChI is InChI=1S/C10H12N2O2/c11-9(7-4-2-1-3-5-7)8-6-14-10(13)12-8/h1-5,8-9H,6,11H2,(H,12,13)/t8-,9?/m1/s1. The molecule has 1 aromatic rings. The molecule has 1 aromatic carbocycles. The van der Waals surface area contributed by atoms with Crippen LogP contribution in [0.2, 0.25) is 0 Å². The first-order chi connectivity index (χ1) is 6.77. The van der Waals surface area contributed by atoms with Crippen molar-refractivity contribution in [3.8, 4) is 0 Å². The highest BCUT2D eigenvalue weighted by Gasteiger charge is 2.28. The van der Waals surface area contributed by atoms with Crippen molar-refractivity contribution >= 4 is 6.09 Å². The molecule has 1 saturated heterocycles. The molecular formula is C10H12N2O2. The lowest BCUT2D eigenvalue weighted by atomic mass is 10.0. The van der Waals surface area contributed by atoms with E-state index in [1.165, 1.54) is 0 Å². The van der Waals surface area contributed by atoms with Gasteiger partial charge in [-0.3, -0.25) is 0 Å². The van der Waals surface area contributed by atoms with Crippen LogP contribution in [0.3, 0.4) is 0 Å². The van der Waals surface area contributed by atoms with E-state index in [2.05, 4.69) is 5.32 Å². The van der Waals surface area contributed by atoms with Gasteiger partial charge in [-0.05, 0) is 5.56 Å². The Labute approximate surface area is 82.1 Å². The molecule has 1 aliphatic rings. The van der Waals surface area contributed by atoms with Crippen molar-refractivity contribution in [1.82, 2.24) is 5.32 Å². The molecule has 3 N–H and O–H groups in total. The van der Waals surface area contributed by atoms with Crippen LogP contribution in [0.15, 0.2) is 30.3 Å². The third kappa shape index (κ3) is 1.70. The average Bonchev–Trinajstić information content (AvgIpc) is 2.65. The number of carbonyl (C=O) groups excluding carboxylic acids is 1. The molecule has 1 fully saturated rings. The fourth-order valence-electron chi connectivity index (χ4n) is 1.50. The Morgan fingerprint density at radius 2 is 2.14 bits per heavy atom. The number of hydrogen-bond acceptors (Lipinski definition) is 3. The van der Waals surface area contributed by atoms with Crippen LogP contribution in [-0.2, 0) is 4.74 Å². The molecule has 0 aliphatic carbocycles. The minimum absolute atomic E-state index is 0.120. The van der Waals surface area contributed by atoms with Gasteiger partial charge in [-0.25, -0.2) is 4.79 Å². The van der Waals surface area contributed by atoms with Gasteiger partial charge in [0.05, 0.1) is 12.1 Å². The van der Waals surface area contributed by atoms with Crippen LogP contribution in [0.5, 0.6) is 0 Å². The fraction of sp³-hybridized carbons (Fsp3) is 0.300. The SMILES string of the molecule is NC(c1ccccc1)[C@H]1COC(=O)N1. The third-order valence-corrected chi connectivity index (χ3v) is 2.32. The van der Waals surface area contributed by atoms with Gasteiger partial charge in [-0.2, -0.15) is 0 Å². The monoisotopic (exact) mass is 192 g/mol. The molecule has 0 saturated carbocycles. The summed E-state index contributed by atoms with van der Waals surface area (Å²) in [5, 5.41) is 2.67. The van der Waals surface area contributed by atoms with Crippen molar-refractivity contribution in [3.05, 3.63) is 35.9 Å². The number of cyclic esters (lactones) is 1. The Morgan fingerprint density at radius 3 is 2.71 bits per heavy atom. The van der Waals surface area contributed by atoms with E-state index >= 15 is 0 Å². The van der Waals surface area contributed by atoms with Gasteiger partial charge < -0.3 is 15.8 Å². The molecule has 14 heavy (non-hydrogen) atoms. The molecule has 0 aromatic heterocycles. The molecule has 0 spiro atoms. The van der Waals surface area contributed by atoms with Crippen molar-refractivity contribution in [1.29, 1.82) is 0 Å². The quantitative estimate of drug-likeness (QED) is 0.728. The van der Waals surface area contributed by atoms with Gasteiger partial charge in [0.1, 0.15) is 6.61 Å². The van der Waals surface area contributed by atoms with E-state index < -0.39 is 0 Å². The second-order valence-electron chi connectivity index (χ2n) is 3.29. The second kappa shape index (κ2) is 3.67. The van der Waals surface area contributed by atoms with Crippen molar-refractivity contribution in [2.24, 2.45) is 5.73 Å². The van der Waals surface area contributed by atoms with E-state index in [0.717, 1.165) is 5.56 Å². The highest BCUT2D eigenvalue weighted by atomic mass is 16.6. The van der Waals surface area contributed by atoms with Gasteiger partial charge in [0.15, 0.2) is 0 Å². The Bertz CT molecular complexity index is 326. The maximum atomic E-state index is 10.8. The zero-order valence-corrected chi connectivity index (χ0v) is 7.64. The highest BCUT2D eigenvalue weighted by molar-refractivity contribution is 5.69. The fourth-order valence-corrected chi connectivity index (χ4v) is 1.50. The molecule has 0 radical (unpaired) electrons. The Morgan fingerprint density at radius 1 is 1.43 bits per heavy atom. The zero-order valence-electron chi connectivity index (χ0n) is 7.64. The number of benzene rings is 1. The van der Waals surface area contributed by atoms with Crippen molar-refractivity contribution in [2.75, 3.05) is 6.61 Å². The number of nitrogens with one attached hydrogen (secondary N) is 1. The van der Waals surface area contributed by atoms with Crippen LogP contribution in [-0.4, -0.2) is 18.7 Å². The average molecular weight is 192 g/mol. The van der Waals surface area contributed by atoms with Crippen molar-refractivity contribution < 1.29 is 9.53 Å². The molecule has 74 valence electrons. The lowest BCUT2D eigenvalue weighted by molar-refractivity contribution is 0.176. The summed E-state index contributed by atoms with van der Waals surface area (Å²) in [6, 6.07) is 9.33. The lowest BCUT2D eigenvalue weighted by Crippen LogP contribution is -2.37. The molecule has 4 heteroatoms. The van der Waals surface area contributed by atoms with Crippen molar-refractivity contribution in [2.45, 2.75) is 12.1 Å². The van der Waals surface area contributed by atoms with E-state index in [9.17, 15) is 4.79 Å². The number of alkyl carbamates (subject to hydrolysis) is 1. The Hall–Kier alpha value is -1.55. The maximum Gasteiger partial charge on any atom is 0.407 e. The van der Waals surface area contributed by atoms with E-state index in [0.29, 0.717) is 6.61 Å². The summed E-state index contributed by atoms with van der Waals surface area (Å²) < 4.78 is 4.78. The van der Waals surface area contributed by atoms with Crippen LogP contribution < -0.4 is 11.1 Å². The predicted octanol–water partition coefficient (Wildman–Crippen LogP) is 0.795. The van der Waals surface area contributed by atoms with Crippen LogP contribution >= 0.6 is 0 Å². The Balaban J connectivity index is 2.09. The highest BCUT2D eigenvalue weighted by Crippen LogP contribution is 2.16. The maximum absolute atomic E-state index is 10.8. The van der Waals surface area contributed by atoms with E-state index in [1.807, 2.05) is 30.3 Å². The van der Waals surface area contributed by atoms with Gasteiger partial charge in [0.25, 0.3) is 0 Å². The minimum Gasteiger partial charge on any atom is -0.447 e. The van der Waals surface area contributed by atoms with Gasteiger partial charge >= 0.3 is 6.09 Å². The number of hydrogen-bond donors (Lipinski definition) is 2. The van der Waals surface area contributed by atoms with Gasteiger partial charge in [0.2, 0.25) is 0 Å². The predicted molar refractivity (Wildman–Crippen MR) is 51.6 cm³/mol. The van der Waals surface area contributed by atoms with Crippen LogP contribution in [0, 0.1) is 0 Å². The summed E-state index contributed by atoms with van der Waals surface area (Å²) in [5.41, 5.74) is 6.97. The first kappa shape index (κ1) is 9.02. The second-order valence-corrected chi connectivity index (χ2v) is 3.29. The number of carbonyl (C=O) groups is 1. The van der Waals surface area contributed by atoms with Crippen LogP contribution in [0.1, 0.15) is 11.6 Å². The lowest BCUT2D eigenvalue weighted by Gasteiger charge is -2.16. The van der Waals surface area contributed by atoms with Gasteiger partial charge in [-0.1, -0.05) is 30.3 Å². The largest absolute Gasteiger partial charge is 0.447 e. The summed E-state index contributed by atoms with van der Waals surface area (Å²) in [5.74, 6) is 0. The first-order valence-electron chi connectivity index (χ1n) is 4.51. The van der Waals surface area contributed by atoms with Crippen LogP contribution in [0.25, 0.3) is 0 Å². The third-order valence-electron chi connectivity index (χ3n) is 2.32. The molecular weight excluding hydrogens is 180 g/mol. The van der Waals surface area contributed by atoms with E-state index in [-0.39, 0.29) is 18.2 Å². The molecule has 1 aliphatic heterocycles. The molecule has 2 rings (SSSR count). The molecule has 1 unspecified atom stereocenters. The number of nitrogens with two attached hydrogens (primary N) is 1. The zero-order chi connectivity index (χ0) is 9.97. The molecule has 0 bridgehead atoms. The molecule has 1 amide bonds. The van der Waals surface area contributed by atoms with Crippen LogP contribution in [0.4, 0.5) is 4.79 Å². The molecule has 1 heterocycles. The van der Waals surface area contributed by atoms with E-state index in [4.69, 9.17) is 10.5 Å². The first-order valence-corrected chi connectivity index (χ1v) is 4.51. The smallest absolute Gasteiger partial charge is 0.407 e. The summed E-state index contributed by atoms with van der Waals surface area (Å²) in [4.78, 5) is 10.8. The van der Waals surface area contributed by atoms with Gasteiger partial charge in [-0.15, -0.1) is 0 Å². The number of rotatable bonds is 2. The van der Waals surface area contributed by atoms with Gasteiger partial charge in [0, 0.05) is 0 Å². The topological polar surface area (TPSA) is 64.3 Å². The molecule has 2 atom stereocenters. The molecule has 4 nitrogen and oxygen atoms in total.